The van der Waals surface area contributed by atoms with Crippen LogP contribution in [0.4, 0.5) is 10.5 Å². The maximum absolute atomic E-state index is 12.5. The molecule has 2 saturated heterocycles. The summed E-state index contributed by atoms with van der Waals surface area (Å²) in [4.78, 5) is 23.9. The molecule has 10 heteroatoms. The lowest BCUT2D eigenvalue weighted by atomic mass is 10.0. The Bertz CT molecular complexity index is 1440. The van der Waals surface area contributed by atoms with Crippen molar-refractivity contribution in [1.82, 2.24) is 20.2 Å². The van der Waals surface area contributed by atoms with Gasteiger partial charge in [-0.15, -0.1) is 5.10 Å². The second-order valence-electron chi connectivity index (χ2n) is 9.26. The maximum atomic E-state index is 12.5. The van der Waals surface area contributed by atoms with Crippen LogP contribution in [-0.4, -0.2) is 63.6 Å². The number of rotatable bonds is 6. The Labute approximate surface area is 218 Å². The molecule has 2 fully saturated rings. The van der Waals surface area contributed by atoms with Gasteiger partial charge in [0.05, 0.1) is 13.2 Å². The van der Waals surface area contributed by atoms with Gasteiger partial charge in [0.15, 0.2) is 17.7 Å². The molecule has 2 aliphatic heterocycles. The van der Waals surface area contributed by atoms with Gasteiger partial charge in [0.2, 0.25) is 0 Å². The first-order chi connectivity index (χ1) is 18.6. The number of amides is 1. The fourth-order valence-corrected chi connectivity index (χ4v) is 4.88. The number of tetrazole rings is 1. The van der Waals surface area contributed by atoms with Crippen LogP contribution in [0.5, 0.6) is 0 Å². The second kappa shape index (κ2) is 10.2. The van der Waals surface area contributed by atoms with Crippen molar-refractivity contribution in [2.45, 2.75) is 31.3 Å². The van der Waals surface area contributed by atoms with E-state index < -0.39 is 18.3 Å². The lowest BCUT2D eigenvalue weighted by molar-refractivity contribution is 0.00774. The van der Waals surface area contributed by atoms with Crippen molar-refractivity contribution in [3.63, 3.8) is 0 Å². The highest BCUT2D eigenvalue weighted by Crippen LogP contribution is 2.37. The van der Waals surface area contributed by atoms with Crippen molar-refractivity contribution in [2.24, 2.45) is 0 Å². The van der Waals surface area contributed by atoms with Crippen molar-refractivity contribution >= 4 is 17.6 Å². The molecule has 2 aliphatic rings. The third kappa shape index (κ3) is 4.67. The molecule has 10 nitrogen and oxygen atoms in total. The molecule has 4 aromatic rings. The number of nitrogens with zero attached hydrogens (tertiary/aromatic N) is 4. The first kappa shape index (κ1) is 24.0. The molecule has 1 amide bonds. The Hall–Kier alpha value is -4.41. The van der Waals surface area contributed by atoms with Crippen LogP contribution < -0.4 is 5.32 Å². The van der Waals surface area contributed by atoms with E-state index in [0.29, 0.717) is 23.7 Å². The molecule has 38 heavy (non-hydrogen) atoms. The highest BCUT2D eigenvalue weighted by molar-refractivity contribution is 5.95. The van der Waals surface area contributed by atoms with E-state index in [2.05, 4.69) is 33.0 Å². The zero-order valence-corrected chi connectivity index (χ0v) is 20.6. The number of benzene rings is 3. The molecule has 0 unspecified atom stereocenters. The first-order valence-corrected chi connectivity index (χ1v) is 12.3. The zero-order valence-electron chi connectivity index (χ0n) is 20.6. The average molecular weight is 512 g/mol. The molecular weight excluding hydrogens is 486 g/mol. The molecule has 0 radical (unpaired) electrons. The number of ether oxygens (including phenoxy) is 3. The second-order valence-corrected chi connectivity index (χ2v) is 9.26. The standard InChI is InChI=1S/C28H25N5O5/c1-17(34)18-11-13-22(14-12-18)29-28(35)38-24-16-37-25-23(15-36-26(24)25)33-27(30-31-32-33)21-9-7-20(8-10-21)19-5-3-2-4-6-19/h2-14,23-26H,15-16H2,1H3,(H,29,35)/t23-,24+,25+,26+/m0/s1. The third-order valence-corrected chi connectivity index (χ3v) is 6.84. The highest BCUT2D eigenvalue weighted by atomic mass is 16.6. The number of hydrogen-bond acceptors (Lipinski definition) is 8. The summed E-state index contributed by atoms with van der Waals surface area (Å²) in [5.41, 5.74) is 4.20. The monoisotopic (exact) mass is 511 g/mol. The van der Waals surface area contributed by atoms with Gasteiger partial charge in [0, 0.05) is 16.8 Å². The molecule has 4 atom stereocenters. The Kier molecular flexibility index (Phi) is 6.40. The van der Waals surface area contributed by atoms with E-state index in [0.717, 1.165) is 16.7 Å². The first-order valence-electron chi connectivity index (χ1n) is 12.3. The third-order valence-electron chi connectivity index (χ3n) is 6.84. The van der Waals surface area contributed by atoms with Crippen LogP contribution in [0, 0.1) is 0 Å². The van der Waals surface area contributed by atoms with Gasteiger partial charge in [-0.3, -0.25) is 10.1 Å². The number of hydrogen-bond donors (Lipinski definition) is 1. The van der Waals surface area contributed by atoms with Gasteiger partial charge in [-0.05, 0) is 52.7 Å². The van der Waals surface area contributed by atoms with E-state index in [1.807, 2.05) is 42.5 Å². The number of Topliss-reactive ketones (excluding diaryl/α,β-unsaturated/α-hetero) is 1. The van der Waals surface area contributed by atoms with Gasteiger partial charge >= 0.3 is 6.09 Å². The van der Waals surface area contributed by atoms with Crippen LogP contribution in [0.2, 0.25) is 0 Å². The molecule has 6 rings (SSSR count). The van der Waals surface area contributed by atoms with Crippen LogP contribution in [-0.2, 0) is 14.2 Å². The smallest absolute Gasteiger partial charge is 0.412 e. The molecular formula is C28H25N5O5. The molecule has 192 valence electrons. The van der Waals surface area contributed by atoms with Gasteiger partial charge in [-0.1, -0.05) is 54.6 Å². The van der Waals surface area contributed by atoms with E-state index in [4.69, 9.17) is 14.2 Å². The van der Waals surface area contributed by atoms with E-state index in [9.17, 15) is 9.59 Å². The predicted molar refractivity (Wildman–Crippen MR) is 138 cm³/mol. The summed E-state index contributed by atoms with van der Waals surface area (Å²) in [6, 6.07) is 24.5. The number of nitrogens with one attached hydrogen (secondary N) is 1. The van der Waals surface area contributed by atoms with Crippen molar-refractivity contribution in [3.05, 3.63) is 84.4 Å². The van der Waals surface area contributed by atoms with Crippen LogP contribution in [0.15, 0.2) is 78.9 Å². The number of ketones is 1. The van der Waals surface area contributed by atoms with E-state index >= 15 is 0 Å². The van der Waals surface area contributed by atoms with Crippen molar-refractivity contribution in [3.8, 4) is 22.5 Å². The molecule has 0 saturated carbocycles. The normalized spacial score (nSPS) is 22.1. The topological polar surface area (TPSA) is 117 Å². The van der Waals surface area contributed by atoms with E-state index in [1.54, 1.807) is 28.9 Å². The summed E-state index contributed by atoms with van der Waals surface area (Å²) in [5.74, 6) is 0.565. The zero-order chi connectivity index (χ0) is 26.1. The number of carbonyl (C=O) groups excluding carboxylic acids is 2. The number of aromatic nitrogens is 4. The largest absolute Gasteiger partial charge is 0.441 e. The summed E-state index contributed by atoms with van der Waals surface area (Å²) in [5, 5.41) is 15.1. The lowest BCUT2D eigenvalue weighted by Gasteiger charge is -2.18. The lowest BCUT2D eigenvalue weighted by Crippen LogP contribution is -2.35. The highest BCUT2D eigenvalue weighted by Gasteiger charge is 2.51. The van der Waals surface area contributed by atoms with Crippen LogP contribution in [0.3, 0.4) is 0 Å². The Morgan fingerprint density at radius 3 is 2.29 bits per heavy atom. The van der Waals surface area contributed by atoms with Crippen molar-refractivity contribution in [1.29, 1.82) is 0 Å². The number of carbonyl (C=O) groups is 2. The fraction of sp³-hybridized carbons (Fsp3) is 0.250. The molecule has 1 N–H and O–H groups in total. The van der Waals surface area contributed by atoms with Gasteiger partial charge in [-0.25, -0.2) is 9.48 Å². The van der Waals surface area contributed by atoms with Crippen molar-refractivity contribution in [2.75, 3.05) is 18.5 Å². The van der Waals surface area contributed by atoms with Crippen molar-refractivity contribution < 1.29 is 23.8 Å². The van der Waals surface area contributed by atoms with Crippen LogP contribution in [0.25, 0.3) is 22.5 Å². The minimum atomic E-state index is -0.622. The minimum Gasteiger partial charge on any atom is -0.441 e. The summed E-state index contributed by atoms with van der Waals surface area (Å²) in [6.07, 6.45) is -2.01. The number of fused-ring (bicyclic) bond motifs is 1. The average Bonchev–Trinajstić information content (AvgIpc) is 3.67. The Balaban J connectivity index is 1.12. The molecule has 3 heterocycles. The predicted octanol–water partition coefficient (Wildman–Crippen LogP) is 4.17. The van der Waals surface area contributed by atoms with Gasteiger partial charge in [-0.2, -0.15) is 0 Å². The summed E-state index contributed by atoms with van der Waals surface area (Å²) < 4.78 is 19.3. The molecule has 0 aliphatic carbocycles. The van der Waals surface area contributed by atoms with E-state index in [1.165, 1.54) is 6.92 Å². The summed E-state index contributed by atoms with van der Waals surface area (Å²) >= 11 is 0. The fourth-order valence-electron chi connectivity index (χ4n) is 4.88. The summed E-state index contributed by atoms with van der Waals surface area (Å²) in [7, 11) is 0. The SMILES string of the molecule is CC(=O)c1ccc(NC(=O)O[C@@H]2CO[C@H]3[C@@H]2OC[C@@H]3n2nnnc2-c2ccc(-c3ccccc3)cc2)cc1. The molecule has 1 aromatic heterocycles. The maximum Gasteiger partial charge on any atom is 0.412 e. The number of anilines is 1. The molecule has 0 bridgehead atoms. The quantitative estimate of drug-likeness (QED) is 0.384. The molecule has 0 spiro atoms. The Morgan fingerprint density at radius 1 is 0.868 bits per heavy atom. The summed E-state index contributed by atoms with van der Waals surface area (Å²) in [6.45, 7) is 2.01. The van der Waals surface area contributed by atoms with Crippen LogP contribution in [0.1, 0.15) is 23.3 Å². The van der Waals surface area contributed by atoms with Crippen LogP contribution >= 0.6 is 0 Å². The molecule has 3 aromatic carbocycles. The minimum absolute atomic E-state index is 0.0452. The van der Waals surface area contributed by atoms with E-state index in [-0.39, 0.29) is 24.5 Å². The Morgan fingerprint density at radius 2 is 1.55 bits per heavy atom. The van der Waals surface area contributed by atoms with Gasteiger partial charge in [0.1, 0.15) is 18.2 Å². The van der Waals surface area contributed by atoms with Gasteiger partial charge in [0.25, 0.3) is 0 Å². The van der Waals surface area contributed by atoms with Gasteiger partial charge < -0.3 is 14.2 Å².